The van der Waals surface area contributed by atoms with Gasteiger partial charge in [0.2, 0.25) is 0 Å². The number of benzene rings is 1. The number of methoxy groups -OCH3 is 1. The van der Waals surface area contributed by atoms with Crippen molar-refractivity contribution in [3.63, 3.8) is 0 Å². The summed E-state index contributed by atoms with van der Waals surface area (Å²) in [5.41, 5.74) is 2.01. The van der Waals surface area contributed by atoms with Gasteiger partial charge < -0.3 is 9.84 Å². The molecule has 2 aromatic rings. The van der Waals surface area contributed by atoms with E-state index in [0.717, 1.165) is 11.1 Å². The summed E-state index contributed by atoms with van der Waals surface area (Å²) in [5, 5.41) is 10.3. The largest absolute Gasteiger partial charge is 0.466 e. The second-order valence-corrected chi connectivity index (χ2v) is 4.22. The second kappa shape index (κ2) is 6.12. The fourth-order valence-electron chi connectivity index (χ4n) is 1.90. The highest BCUT2D eigenvalue weighted by Gasteiger charge is 2.23. The molecule has 0 aliphatic rings. The van der Waals surface area contributed by atoms with Crippen molar-refractivity contribution < 1.29 is 14.6 Å². The third-order valence-electron chi connectivity index (χ3n) is 2.96. The average molecular weight is 269 g/mol. The molecule has 1 heterocycles. The number of hydrogen-bond acceptors (Lipinski definition) is 4. The summed E-state index contributed by atoms with van der Waals surface area (Å²) >= 11 is 0. The molecule has 1 aromatic carbocycles. The number of rotatable bonds is 4. The van der Waals surface area contributed by atoms with Crippen molar-refractivity contribution in [2.75, 3.05) is 7.11 Å². The first-order valence-corrected chi connectivity index (χ1v) is 6.10. The Morgan fingerprint density at radius 1 is 1.25 bits per heavy atom. The van der Waals surface area contributed by atoms with Crippen molar-refractivity contribution in [2.45, 2.75) is 6.10 Å². The van der Waals surface area contributed by atoms with Gasteiger partial charge in [-0.05, 0) is 11.6 Å². The molecule has 0 spiro atoms. The Labute approximate surface area is 117 Å². The van der Waals surface area contributed by atoms with Crippen LogP contribution in [0.15, 0.2) is 60.8 Å². The summed E-state index contributed by atoms with van der Waals surface area (Å²) in [6.07, 6.45) is 0.370. The first-order chi connectivity index (χ1) is 9.65. The zero-order valence-corrected chi connectivity index (χ0v) is 11.1. The molecular formula is C16H15NO3. The van der Waals surface area contributed by atoms with Crippen LogP contribution in [0.5, 0.6) is 0 Å². The molecule has 4 nitrogen and oxygen atoms in total. The summed E-state index contributed by atoms with van der Waals surface area (Å²) in [5.74, 6) is -0.651. The highest BCUT2D eigenvalue weighted by molar-refractivity contribution is 5.89. The molecule has 1 unspecified atom stereocenters. The topological polar surface area (TPSA) is 59.4 Å². The van der Waals surface area contributed by atoms with E-state index >= 15 is 0 Å². The molecule has 1 atom stereocenters. The van der Waals surface area contributed by atoms with Crippen molar-refractivity contribution in [3.05, 3.63) is 66.5 Å². The molecule has 2 rings (SSSR count). The van der Waals surface area contributed by atoms with E-state index in [4.69, 9.17) is 0 Å². The third-order valence-corrected chi connectivity index (χ3v) is 2.96. The van der Waals surface area contributed by atoms with E-state index in [1.807, 2.05) is 36.4 Å². The summed E-state index contributed by atoms with van der Waals surface area (Å²) in [4.78, 5) is 15.6. The Kier molecular flexibility index (Phi) is 4.27. The van der Waals surface area contributed by atoms with E-state index in [1.54, 1.807) is 12.3 Å². The lowest BCUT2D eigenvalue weighted by atomic mass is 9.98. The molecule has 0 bridgehead atoms. The van der Waals surface area contributed by atoms with Crippen molar-refractivity contribution in [2.24, 2.45) is 0 Å². The van der Waals surface area contributed by atoms with Crippen molar-refractivity contribution in [3.8, 4) is 11.1 Å². The van der Waals surface area contributed by atoms with Crippen molar-refractivity contribution in [1.82, 2.24) is 4.98 Å². The molecule has 1 N–H and O–H groups in total. The molecule has 0 saturated heterocycles. The third kappa shape index (κ3) is 2.75. The fourth-order valence-corrected chi connectivity index (χ4v) is 1.90. The van der Waals surface area contributed by atoms with Gasteiger partial charge in [0.25, 0.3) is 0 Å². The van der Waals surface area contributed by atoms with Gasteiger partial charge in [-0.25, -0.2) is 4.79 Å². The van der Waals surface area contributed by atoms with Crippen LogP contribution in [0.25, 0.3) is 11.1 Å². The zero-order chi connectivity index (χ0) is 14.5. The Balaban J connectivity index is 2.43. The maximum absolute atomic E-state index is 11.5. The van der Waals surface area contributed by atoms with Crippen molar-refractivity contribution >= 4 is 5.97 Å². The van der Waals surface area contributed by atoms with Crippen LogP contribution in [-0.2, 0) is 9.53 Å². The quantitative estimate of drug-likeness (QED) is 0.684. The molecular weight excluding hydrogens is 254 g/mol. The van der Waals surface area contributed by atoms with Gasteiger partial charge in [0, 0.05) is 11.8 Å². The standard InChI is InChI=1S/C16H15NO3/c1-11(16(19)20-2)15(18)14-13(9-6-10-17-14)12-7-4-3-5-8-12/h3-10,15,18H,1H2,2H3. The van der Waals surface area contributed by atoms with Gasteiger partial charge in [0.1, 0.15) is 6.10 Å². The van der Waals surface area contributed by atoms with Crippen LogP contribution in [0.4, 0.5) is 0 Å². The SMILES string of the molecule is C=C(C(=O)OC)C(O)c1ncccc1-c1ccccc1. The van der Waals surface area contributed by atoms with Crippen molar-refractivity contribution in [1.29, 1.82) is 0 Å². The number of pyridine rings is 1. The average Bonchev–Trinajstić information content (AvgIpc) is 2.53. The monoisotopic (exact) mass is 269 g/mol. The minimum Gasteiger partial charge on any atom is -0.466 e. The van der Waals surface area contributed by atoms with E-state index in [0.29, 0.717) is 5.69 Å². The fraction of sp³-hybridized carbons (Fsp3) is 0.125. The Morgan fingerprint density at radius 3 is 2.60 bits per heavy atom. The molecule has 0 aliphatic carbocycles. The van der Waals surface area contributed by atoms with Gasteiger partial charge in [-0.1, -0.05) is 43.0 Å². The molecule has 102 valence electrons. The predicted octanol–water partition coefficient (Wildman–Crippen LogP) is 2.51. The van der Waals surface area contributed by atoms with E-state index < -0.39 is 12.1 Å². The molecule has 4 heteroatoms. The summed E-state index contributed by atoms with van der Waals surface area (Å²) in [7, 11) is 1.25. The number of carbonyl (C=O) groups is 1. The Morgan fingerprint density at radius 2 is 1.95 bits per heavy atom. The number of aliphatic hydroxyl groups is 1. The smallest absolute Gasteiger partial charge is 0.336 e. The summed E-state index contributed by atoms with van der Waals surface area (Å²) < 4.78 is 4.57. The summed E-state index contributed by atoms with van der Waals surface area (Å²) in [6, 6.07) is 13.1. The highest BCUT2D eigenvalue weighted by atomic mass is 16.5. The van der Waals surface area contributed by atoms with Gasteiger partial charge in [0.15, 0.2) is 0 Å². The van der Waals surface area contributed by atoms with Gasteiger partial charge in [-0.2, -0.15) is 0 Å². The number of carbonyl (C=O) groups excluding carboxylic acids is 1. The van der Waals surface area contributed by atoms with Crippen LogP contribution in [0, 0.1) is 0 Å². The lowest BCUT2D eigenvalue weighted by Crippen LogP contribution is -2.14. The molecule has 1 aromatic heterocycles. The first kappa shape index (κ1) is 14.0. The van der Waals surface area contributed by atoms with Gasteiger partial charge >= 0.3 is 5.97 Å². The van der Waals surface area contributed by atoms with Gasteiger partial charge in [-0.15, -0.1) is 0 Å². The van der Waals surface area contributed by atoms with Crippen LogP contribution in [0.3, 0.4) is 0 Å². The number of aromatic nitrogens is 1. The molecule has 0 radical (unpaired) electrons. The number of ether oxygens (including phenoxy) is 1. The minimum atomic E-state index is -1.20. The summed E-state index contributed by atoms with van der Waals surface area (Å²) in [6.45, 7) is 3.57. The lowest BCUT2D eigenvalue weighted by molar-refractivity contribution is -0.137. The van der Waals surface area contributed by atoms with E-state index in [9.17, 15) is 9.90 Å². The predicted molar refractivity (Wildman–Crippen MR) is 75.8 cm³/mol. The zero-order valence-electron chi connectivity index (χ0n) is 11.1. The maximum Gasteiger partial charge on any atom is 0.336 e. The lowest BCUT2D eigenvalue weighted by Gasteiger charge is -2.15. The van der Waals surface area contributed by atoms with E-state index in [2.05, 4.69) is 16.3 Å². The number of nitrogens with zero attached hydrogens (tertiary/aromatic N) is 1. The van der Waals surface area contributed by atoms with Gasteiger partial charge in [-0.3, -0.25) is 4.98 Å². The van der Waals surface area contributed by atoms with Crippen LogP contribution < -0.4 is 0 Å². The van der Waals surface area contributed by atoms with E-state index in [-0.39, 0.29) is 5.57 Å². The van der Waals surface area contributed by atoms with Gasteiger partial charge in [0.05, 0.1) is 18.4 Å². The normalized spacial score (nSPS) is 11.7. The number of hydrogen-bond donors (Lipinski definition) is 1. The molecule has 0 fully saturated rings. The number of esters is 1. The van der Waals surface area contributed by atoms with Crippen LogP contribution in [0.1, 0.15) is 11.8 Å². The second-order valence-electron chi connectivity index (χ2n) is 4.22. The van der Waals surface area contributed by atoms with Crippen LogP contribution in [-0.4, -0.2) is 23.2 Å². The Hall–Kier alpha value is -2.46. The highest BCUT2D eigenvalue weighted by Crippen LogP contribution is 2.29. The first-order valence-electron chi connectivity index (χ1n) is 6.10. The van der Waals surface area contributed by atoms with E-state index in [1.165, 1.54) is 7.11 Å². The minimum absolute atomic E-state index is 0.0385. The number of aliphatic hydroxyl groups excluding tert-OH is 1. The molecule has 0 saturated carbocycles. The maximum atomic E-state index is 11.5. The van der Waals surface area contributed by atoms with Crippen LogP contribution in [0.2, 0.25) is 0 Å². The Bertz CT molecular complexity index is 623. The molecule has 0 aliphatic heterocycles. The van der Waals surface area contributed by atoms with Crippen LogP contribution >= 0.6 is 0 Å². The molecule has 0 amide bonds. The molecule has 20 heavy (non-hydrogen) atoms.